The van der Waals surface area contributed by atoms with E-state index in [2.05, 4.69) is 21.2 Å². The molecule has 1 N–H and O–H groups in total. The average Bonchev–Trinajstić information content (AvgIpc) is 2.49. The molecule has 0 radical (unpaired) electrons. The zero-order valence-electron chi connectivity index (χ0n) is 11.6. The van der Waals surface area contributed by atoms with Crippen LogP contribution in [0.15, 0.2) is 36.4 Å². The maximum absolute atomic E-state index is 13.5. The van der Waals surface area contributed by atoms with Gasteiger partial charge in [0.15, 0.2) is 0 Å². The van der Waals surface area contributed by atoms with E-state index in [1.807, 2.05) is 25.1 Å². The Kier molecular flexibility index (Phi) is 3.81. The van der Waals surface area contributed by atoms with Gasteiger partial charge < -0.3 is 5.32 Å². The van der Waals surface area contributed by atoms with Crippen LogP contribution in [0.3, 0.4) is 0 Å². The van der Waals surface area contributed by atoms with Crippen LogP contribution in [0.2, 0.25) is 0 Å². The minimum atomic E-state index is -0.254. The van der Waals surface area contributed by atoms with Crippen molar-refractivity contribution in [3.63, 3.8) is 0 Å². The Balaban J connectivity index is 2.02. The van der Waals surface area contributed by atoms with Crippen LogP contribution in [0.5, 0.6) is 0 Å². The van der Waals surface area contributed by atoms with Gasteiger partial charge in [-0.3, -0.25) is 4.79 Å². The maximum atomic E-state index is 13.5. The molecule has 0 fully saturated rings. The number of fused-ring (bicyclic) bond motifs is 1. The van der Waals surface area contributed by atoms with Crippen molar-refractivity contribution < 1.29 is 9.18 Å². The second-order valence-electron chi connectivity index (χ2n) is 5.29. The molecule has 2 nitrogen and oxygen atoms in total. The Morgan fingerprint density at radius 1 is 1.24 bits per heavy atom. The lowest BCUT2D eigenvalue weighted by Crippen LogP contribution is -2.31. The first kappa shape index (κ1) is 14.3. The number of hydrogen-bond acceptors (Lipinski definition) is 1. The first-order chi connectivity index (χ1) is 10.1. The van der Waals surface area contributed by atoms with Gasteiger partial charge in [0.2, 0.25) is 0 Å². The van der Waals surface area contributed by atoms with E-state index in [4.69, 9.17) is 0 Å². The summed E-state index contributed by atoms with van der Waals surface area (Å²) in [6.45, 7) is 2.64. The van der Waals surface area contributed by atoms with Gasteiger partial charge in [-0.25, -0.2) is 4.39 Å². The molecule has 0 aromatic heterocycles. The van der Waals surface area contributed by atoms with Crippen LogP contribution in [0.4, 0.5) is 4.39 Å². The molecule has 0 spiro atoms. The number of alkyl halides is 1. The normalized spacial score (nSPS) is 15.3. The molecule has 0 saturated heterocycles. The quantitative estimate of drug-likeness (QED) is 0.820. The molecule has 0 aliphatic carbocycles. The van der Waals surface area contributed by atoms with Crippen LogP contribution in [0, 0.1) is 12.7 Å². The Hall–Kier alpha value is -1.68. The lowest BCUT2D eigenvalue weighted by molar-refractivity contribution is 0.0946. The summed E-state index contributed by atoms with van der Waals surface area (Å²) in [5.41, 5.74) is 4.64. The summed E-state index contributed by atoms with van der Waals surface area (Å²) in [5.74, 6) is -0.287. The van der Waals surface area contributed by atoms with E-state index in [9.17, 15) is 9.18 Å². The Morgan fingerprint density at radius 3 is 2.86 bits per heavy atom. The second-order valence-corrected chi connectivity index (χ2v) is 6.20. The van der Waals surface area contributed by atoms with Crippen molar-refractivity contribution in [2.24, 2.45) is 0 Å². The molecule has 3 rings (SSSR count). The fourth-order valence-corrected chi connectivity index (χ4v) is 3.43. The van der Waals surface area contributed by atoms with Gasteiger partial charge in [0.25, 0.3) is 5.91 Å². The van der Waals surface area contributed by atoms with Crippen molar-refractivity contribution in [1.82, 2.24) is 5.32 Å². The highest BCUT2D eigenvalue weighted by molar-refractivity contribution is 9.09. The number of aryl methyl sites for hydroxylation is 1. The van der Waals surface area contributed by atoms with Crippen molar-refractivity contribution in [2.75, 3.05) is 6.54 Å². The third-order valence-corrected chi connectivity index (χ3v) is 4.89. The summed E-state index contributed by atoms with van der Waals surface area (Å²) in [5, 5.41) is 2.85. The van der Waals surface area contributed by atoms with E-state index in [0.717, 1.165) is 34.2 Å². The van der Waals surface area contributed by atoms with E-state index >= 15 is 0 Å². The predicted octanol–water partition coefficient (Wildman–Crippen LogP) is 3.90. The molecule has 0 bridgehead atoms. The first-order valence-corrected chi connectivity index (χ1v) is 7.79. The molecule has 1 atom stereocenters. The minimum Gasteiger partial charge on any atom is -0.352 e. The number of benzene rings is 2. The molecule has 1 aliphatic heterocycles. The molecule has 21 heavy (non-hydrogen) atoms. The number of carbonyl (C=O) groups excluding carboxylic acids is 1. The lowest BCUT2D eigenvalue weighted by Gasteiger charge is -2.19. The van der Waals surface area contributed by atoms with Crippen molar-refractivity contribution >= 4 is 21.8 Å². The number of halogens is 2. The minimum absolute atomic E-state index is 0.0336. The van der Waals surface area contributed by atoms with Crippen LogP contribution in [-0.4, -0.2) is 12.5 Å². The summed E-state index contributed by atoms with van der Waals surface area (Å²) in [7, 11) is 0. The SMILES string of the molecule is Cc1ccc(F)cc1C(Br)c1ccc2c(c1)C(=O)NCC2. The molecule has 108 valence electrons. The molecule has 0 saturated carbocycles. The van der Waals surface area contributed by atoms with E-state index in [-0.39, 0.29) is 16.6 Å². The van der Waals surface area contributed by atoms with Gasteiger partial charge in [0.1, 0.15) is 5.82 Å². The lowest BCUT2D eigenvalue weighted by atomic mass is 9.94. The summed E-state index contributed by atoms with van der Waals surface area (Å²) in [6, 6.07) is 10.7. The van der Waals surface area contributed by atoms with Gasteiger partial charge in [0, 0.05) is 12.1 Å². The predicted molar refractivity (Wildman–Crippen MR) is 84.4 cm³/mol. The Bertz CT molecular complexity index is 714. The smallest absolute Gasteiger partial charge is 0.251 e. The highest BCUT2D eigenvalue weighted by Crippen LogP contribution is 2.34. The highest BCUT2D eigenvalue weighted by atomic mass is 79.9. The Labute approximate surface area is 131 Å². The van der Waals surface area contributed by atoms with Crippen LogP contribution in [0.25, 0.3) is 0 Å². The molecular weight excluding hydrogens is 333 g/mol. The van der Waals surface area contributed by atoms with E-state index in [0.29, 0.717) is 6.54 Å². The topological polar surface area (TPSA) is 29.1 Å². The number of rotatable bonds is 2. The standard InChI is InChI=1S/C17H15BrFNO/c1-10-2-5-13(19)9-14(10)16(18)12-4-3-11-6-7-20-17(21)15(11)8-12/h2-5,8-9,16H,6-7H2,1H3,(H,20,21). The van der Waals surface area contributed by atoms with E-state index in [1.54, 1.807) is 6.07 Å². The van der Waals surface area contributed by atoms with Crippen LogP contribution < -0.4 is 5.32 Å². The van der Waals surface area contributed by atoms with E-state index in [1.165, 1.54) is 12.1 Å². The van der Waals surface area contributed by atoms with Crippen molar-refractivity contribution in [3.05, 3.63) is 70.0 Å². The molecule has 2 aromatic carbocycles. The van der Waals surface area contributed by atoms with Gasteiger partial charge in [-0.05, 0) is 53.8 Å². The van der Waals surface area contributed by atoms with Gasteiger partial charge in [-0.15, -0.1) is 0 Å². The molecule has 2 aromatic rings. The fraction of sp³-hybridized carbons (Fsp3) is 0.235. The number of amides is 1. The molecule has 1 heterocycles. The van der Waals surface area contributed by atoms with Crippen LogP contribution in [-0.2, 0) is 6.42 Å². The number of hydrogen-bond donors (Lipinski definition) is 1. The van der Waals surface area contributed by atoms with E-state index < -0.39 is 0 Å². The largest absolute Gasteiger partial charge is 0.352 e. The summed E-state index contributed by atoms with van der Waals surface area (Å²) >= 11 is 3.63. The summed E-state index contributed by atoms with van der Waals surface area (Å²) in [6.07, 6.45) is 0.854. The molecule has 1 aliphatic rings. The number of nitrogens with one attached hydrogen (secondary N) is 1. The molecular formula is C17H15BrFNO. The zero-order chi connectivity index (χ0) is 15.0. The van der Waals surface area contributed by atoms with Crippen molar-refractivity contribution in [2.45, 2.75) is 18.2 Å². The van der Waals surface area contributed by atoms with Gasteiger partial charge >= 0.3 is 0 Å². The summed E-state index contributed by atoms with van der Waals surface area (Å²) < 4.78 is 13.5. The summed E-state index contributed by atoms with van der Waals surface area (Å²) in [4.78, 5) is 11.8. The highest BCUT2D eigenvalue weighted by Gasteiger charge is 2.20. The molecule has 1 unspecified atom stereocenters. The molecule has 1 amide bonds. The first-order valence-electron chi connectivity index (χ1n) is 6.87. The fourth-order valence-electron chi connectivity index (χ4n) is 2.65. The second kappa shape index (κ2) is 5.60. The number of carbonyl (C=O) groups is 1. The van der Waals surface area contributed by atoms with Crippen LogP contribution in [0.1, 0.15) is 37.4 Å². The average molecular weight is 348 g/mol. The maximum Gasteiger partial charge on any atom is 0.251 e. The monoisotopic (exact) mass is 347 g/mol. The van der Waals surface area contributed by atoms with Gasteiger partial charge in [-0.2, -0.15) is 0 Å². The third-order valence-electron chi connectivity index (χ3n) is 3.87. The molecule has 4 heteroatoms. The van der Waals surface area contributed by atoms with Crippen molar-refractivity contribution in [3.8, 4) is 0 Å². The van der Waals surface area contributed by atoms with Gasteiger partial charge in [0.05, 0.1) is 4.83 Å². The third kappa shape index (κ3) is 2.72. The van der Waals surface area contributed by atoms with Crippen LogP contribution >= 0.6 is 15.9 Å². The zero-order valence-corrected chi connectivity index (χ0v) is 13.2. The Morgan fingerprint density at radius 2 is 2.05 bits per heavy atom. The van der Waals surface area contributed by atoms with Gasteiger partial charge in [-0.1, -0.05) is 34.1 Å². The van der Waals surface area contributed by atoms with Crippen molar-refractivity contribution in [1.29, 1.82) is 0 Å².